The van der Waals surface area contributed by atoms with Crippen LogP contribution in [0, 0.1) is 0 Å². The molecule has 2 heterocycles. The Labute approximate surface area is 184 Å². The van der Waals surface area contributed by atoms with E-state index < -0.39 is 11.5 Å². The summed E-state index contributed by atoms with van der Waals surface area (Å²) in [5.41, 5.74) is 3.09. The van der Waals surface area contributed by atoms with E-state index in [-0.39, 0.29) is 5.75 Å². The van der Waals surface area contributed by atoms with Gasteiger partial charge in [-0.3, -0.25) is 9.78 Å². The van der Waals surface area contributed by atoms with Gasteiger partial charge in [0.05, 0.1) is 11.9 Å². The zero-order chi connectivity index (χ0) is 22.1. The van der Waals surface area contributed by atoms with Crippen LogP contribution in [0.25, 0.3) is 27.6 Å². The van der Waals surface area contributed by atoms with Crippen molar-refractivity contribution in [2.45, 2.75) is 6.10 Å². The first kappa shape index (κ1) is 19.7. The Bertz CT molecular complexity index is 1470. The molecule has 0 saturated carbocycles. The summed E-state index contributed by atoms with van der Waals surface area (Å²) in [5, 5.41) is 23.3. The van der Waals surface area contributed by atoms with E-state index in [2.05, 4.69) is 11.1 Å². The van der Waals surface area contributed by atoms with Gasteiger partial charge in [-0.15, -0.1) is 0 Å². The third kappa shape index (κ3) is 3.55. The molecule has 0 aliphatic rings. The third-order valence-electron chi connectivity index (χ3n) is 5.56. The summed E-state index contributed by atoms with van der Waals surface area (Å²) in [4.78, 5) is 16.6. The highest BCUT2D eigenvalue weighted by molar-refractivity contribution is 5.95. The van der Waals surface area contributed by atoms with E-state index in [1.54, 1.807) is 16.7 Å². The number of aliphatic hydroxyl groups is 1. The summed E-state index contributed by atoms with van der Waals surface area (Å²) in [6, 6.07) is 26.1. The molecule has 5 rings (SSSR count). The first-order chi connectivity index (χ1) is 15.6. The van der Waals surface area contributed by atoms with Crippen molar-refractivity contribution in [2.24, 2.45) is 0 Å². The van der Waals surface area contributed by atoms with Crippen LogP contribution in [0.4, 0.5) is 0 Å². The molecule has 0 saturated heterocycles. The fourth-order valence-electron chi connectivity index (χ4n) is 3.95. The van der Waals surface area contributed by atoms with E-state index in [0.717, 1.165) is 21.9 Å². The Morgan fingerprint density at radius 3 is 2.47 bits per heavy atom. The van der Waals surface area contributed by atoms with Crippen molar-refractivity contribution >= 4 is 10.8 Å². The monoisotopic (exact) mass is 420 g/mol. The van der Waals surface area contributed by atoms with Crippen LogP contribution in [0.1, 0.15) is 17.4 Å². The largest absolute Gasteiger partial charge is 0.503 e. The van der Waals surface area contributed by atoms with Crippen LogP contribution in [-0.2, 0) is 0 Å². The molecule has 2 N–H and O–H groups in total. The standard InChI is InChI=1S/C27H20N2O3/c30-25-14-24(27(32)18-7-2-1-3-8-18)29(17-26(25)31)21-11-6-10-19(13-21)23-16-28-15-20-9-4-5-12-22(20)23/h1-17,27,31-32H. The maximum atomic E-state index is 12.2. The number of hydrogen-bond donors (Lipinski definition) is 2. The predicted molar refractivity (Wildman–Crippen MR) is 125 cm³/mol. The van der Waals surface area contributed by atoms with Crippen LogP contribution in [0.2, 0.25) is 0 Å². The molecule has 0 bridgehead atoms. The topological polar surface area (TPSA) is 75.3 Å². The molecule has 5 nitrogen and oxygen atoms in total. The molecule has 0 spiro atoms. The van der Waals surface area contributed by atoms with Crippen LogP contribution in [-0.4, -0.2) is 19.8 Å². The number of pyridine rings is 2. The number of aliphatic hydroxyl groups excluding tert-OH is 1. The number of aromatic hydroxyl groups is 1. The maximum Gasteiger partial charge on any atom is 0.223 e. The normalized spacial score (nSPS) is 12.0. The van der Waals surface area contributed by atoms with E-state index >= 15 is 0 Å². The summed E-state index contributed by atoms with van der Waals surface area (Å²) in [6.07, 6.45) is 3.97. The van der Waals surface area contributed by atoms with Gasteiger partial charge in [0.15, 0.2) is 5.75 Å². The van der Waals surface area contributed by atoms with E-state index in [0.29, 0.717) is 16.9 Å². The number of rotatable bonds is 4. The number of hydrogen-bond acceptors (Lipinski definition) is 4. The molecule has 156 valence electrons. The average molecular weight is 420 g/mol. The lowest BCUT2D eigenvalue weighted by Crippen LogP contribution is -2.15. The maximum absolute atomic E-state index is 12.2. The van der Waals surface area contributed by atoms with E-state index in [9.17, 15) is 15.0 Å². The second-order valence-electron chi connectivity index (χ2n) is 7.59. The fraction of sp³-hybridized carbons (Fsp3) is 0.0370. The highest BCUT2D eigenvalue weighted by atomic mass is 16.3. The van der Waals surface area contributed by atoms with Gasteiger partial charge in [0.1, 0.15) is 6.10 Å². The first-order valence-corrected chi connectivity index (χ1v) is 10.2. The van der Waals surface area contributed by atoms with Gasteiger partial charge in [-0.2, -0.15) is 0 Å². The lowest BCUT2D eigenvalue weighted by molar-refractivity contribution is 0.212. The molecular weight excluding hydrogens is 400 g/mol. The third-order valence-corrected chi connectivity index (χ3v) is 5.56. The number of nitrogens with zero attached hydrogens (tertiary/aromatic N) is 2. The SMILES string of the molecule is O=c1cc(C(O)c2ccccc2)n(-c2cccc(-c3cncc4ccccc34)c2)cc1O. The molecule has 5 heteroatoms. The van der Waals surface area contributed by atoms with E-state index in [1.807, 2.05) is 73.1 Å². The van der Waals surface area contributed by atoms with Gasteiger partial charge in [-0.1, -0.05) is 66.7 Å². The van der Waals surface area contributed by atoms with Crippen molar-refractivity contribution in [3.05, 3.63) is 125 Å². The second kappa shape index (κ2) is 8.13. The molecular formula is C27H20N2O3. The quantitative estimate of drug-likeness (QED) is 0.436. The molecule has 2 aromatic heterocycles. The molecule has 0 amide bonds. The minimum absolute atomic E-state index is 0.368. The van der Waals surface area contributed by atoms with Crippen molar-refractivity contribution < 1.29 is 10.2 Å². The van der Waals surface area contributed by atoms with Crippen LogP contribution in [0.3, 0.4) is 0 Å². The molecule has 0 aliphatic carbocycles. The van der Waals surface area contributed by atoms with Gasteiger partial charge < -0.3 is 14.8 Å². The van der Waals surface area contributed by atoms with Gasteiger partial charge in [-0.25, -0.2) is 0 Å². The molecule has 1 atom stereocenters. The van der Waals surface area contributed by atoms with Crippen LogP contribution < -0.4 is 5.43 Å². The zero-order valence-electron chi connectivity index (χ0n) is 17.1. The second-order valence-corrected chi connectivity index (χ2v) is 7.59. The Morgan fingerprint density at radius 1 is 0.844 bits per heavy atom. The highest BCUT2D eigenvalue weighted by Gasteiger charge is 2.18. The van der Waals surface area contributed by atoms with Crippen molar-refractivity contribution in [3.8, 4) is 22.6 Å². The first-order valence-electron chi connectivity index (χ1n) is 10.2. The van der Waals surface area contributed by atoms with Crippen molar-refractivity contribution in [3.63, 3.8) is 0 Å². The number of fused-ring (bicyclic) bond motifs is 1. The van der Waals surface area contributed by atoms with Crippen molar-refractivity contribution in [1.82, 2.24) is 9.55 Å². The Kier molecular flexibility index (Phi) is 5.01. The molecule has 32 heavy (non-hydrogen) atoms. The van der Waals surface area contributed by atoms with Gasteiger partial charge in [0.2, 0.25) is 5.43 Å². The van der Waals surface area contributed by atoms with Crippen LogP contribution in [0.15, 0.2) is 108 Å². The Balaban J connectivity index is 1.68. The Hall–Kier alpha value is -4.22. The summed E-state index contributed by atoms with van der Waals surface area (Å²) < 4.78 is 1.65. The smallest absolute Gasteiger partial charge is 0.223 e. The summed E-state index contributed by atoms with van der Waals surface area (Å²) >= 11 is 0. The summed E-state index contributed by atoms with van der Waals surface area (Å²) in [7, 11) is 0. The van der Waals surface area contributed by atoms with Crippen LogP contribution >= 0.6 is 0 Å². The zero-order valence-corrected chi connectivity index (χ0v) is 17.1. The van der Waals surface area contributed by atoms with Crippen molar-refractivity contribution in [2.75, 3.05) is 0 Å². The van der Waals surface area contributed by atoms with Gasteiger partial charge in [-0.05, 0) is 28.6 Å². The minimum atomic E-state index is -1.03. The highest BCUT2D eigenvalue weighted by Crippen LogP contribution is 2.30. The lowest BCUT2D eigenvalue weighted by Gasteiger charge is -2.19. The van der Waals surface area contributed by atoms with Gasteiger partial charge in [0.25, 0.3) is 0 Å². The lowest BCUT2D eigenvalue weighted by atomic mass is 10.00. The minimum Gasteiger partial charge on any atom is -0.503 e. The van der Waals surface area contributed by atoms with Gasteiger partial charge >= 0.3 is 0 Å². The van der Waals surface area contributed by atoms with Crippen LogP contribution in [0.5, 0.6) is 5.75 Å². The number of benzene rings is 3. The van der Waals surface area contributed by atoms with Crippen molar-refractivity contribution in [1.29, 1.82) is 0 Å². The fourth-order valence-corrected chi connectivity index (χ4v) is 3.95. The molecule has 3 aromatic carbocycles. The molecule has 0 aliphatic heterocycles. The molecule has 1 unspecified atom stereocenters. The average Bonchev–Trinajstić information content (AvgIpc) is 2.85. The van der Waals surface area contributed by atoms with E-state index in [1.165, 1.54) is 12.3 Å². The molecule has 0 radical (unpaired) electrons. The molecule has 5 aromatic rings. The number of aromatic nitrogens is 2. The van der Waals surface area contributed by atoms with E-state index in [4.69, 9.17) is 0 Å². The predicted octanol–water partition coefficient (Wildman–Crippen LogP) is 4.84. The summed E-state index contributed by atoms with van der Waals surface area (Å²) in [5.74, 6) is -0.383. The van der Waals surface area contributed by atoms with Gasteiger partial charge in [0, 0.05) is 35.1 Å². The molecule has 0 fully saturated rings. The Morgan fingerprint density at radius 2 is 1.62 bits per heavy atom. The summed E-state index contributed by atoms with van der Waals surface area (Å²) in [6.45, 7) is 0.